The largest absolute Gasteiger partial charge is 0.237 e. The molecule has 1 heterocycles. The summed E-state index contributed by atoms with van der Waals surface area (Å²) in [7, 11) is 0. The fraction of sp³-hybridized carbons (Fsp3) is 0.0294. The lowest BCUT2D eigenvalue weighted by molar-refractivity contribution is 0.769. The van der Waals surface area contributed by atoms with Gasteiger partial charge in [-0.2, -0.15) is 0 Å². The first kappa shape index (κ1) is 40.1. The third-order valence-electron chi connectivity index (χ3n) is 15.3. The van der Waals surface area contributed by atoms with Crippen LogP contribution in [0.3, 0.4) is 0 Å². The first-order valence-corrected chi connectivity index (χ1v) is 24.2. The van der Waals surface area contributed by atoms with Crippen LogP contribution in [0.1, 0.15) is 44.5 Å². The van der Waals surface area contributed by atoms with Gasteiger partial charge in [0.1, 0.15) is 0 Å². The van der Waals surface area contributed by atoms with Crippen molar-refractivity contribution in [1.82, 2.24) is 9.97 Å². The highest BCUT2D eigenvalue weighted by atomic mass is 14.8. The van der Waals surface area contributed by atoms with Crippen LogP contribution in [-0.2, 0) is 10.8 Å². The summed E-state index contributed by atoms with van der Waals surface area (Å²) < 4.78 is 0. The fourth-order valence-electron chi connectivity index (χ4n) is 12.6. The molecule has 2 nitrogen and oxygen atoms in total. The SMILES string of the molecule is c1ccc(C2(c3ccccc3)c3ccccc3-c3ccc(-c4c5ccccc5c(-c5ccc6c(c5)C(c5ccccc5)(c5ccccc5)c5ccccc5-6)c5cc(-c6ncccn6)ccc45)cc32)cc1. The molecule has 70 heavy (non-hydrogen) atoms. The second-order valence-electron chi connectivity index (χ2n) is 18.7. The zero-order valence-electron chi connectivity index (χ0n) is 38.3. The lowest BCUT2D eigenvalue weighted by atomic mass is 9.67. The summed E-state index contributed by atoms with van der Waals surface area (Å²) in [5.74, 6) is 0.701. The van der Waals surface area contributed by atoms with E-state index in [0.717, 1.165) is 10.9 Å². The maximum absolute atomic E-state index is 4.78. The zero-order valence-corrected chi connectivity index (χ0v) is 38.3. The van der Waals surface area contributed by atoms with E-state index in [9.17, 15) is 0 Å². The molecule has 0 amide bonds. The Morgan fingerprint density at radius 3 is 1.06 bits per heavy atom. The van der Waals surface area contributed by atoms with Crippen molar-refractivity contribution in [3.8, 4) is 55.9 Å². The molecule has 2 aliphatic rings. The van der Waals surface area contributed by atoms with Gasteiger partial charge in [-0.3, -0.25) is 0 Å². The van der Waals surface area contributed by atoms with Crippen LogP contribution in [-0.4, -0.2) is 9.97 Å². The highest BCUT2D eigenvalue weighted by molar-refractivity contribution is 6.22. The van der Waals surface area contributed by atoms with Gasteiger partial charge in [0, 0.05) is 18.0 Å². The molecule has 326 valence electrons. The minimum absolute atomic E-state index is 0.528. The van der Waals surface area contributed by atoms with E-state index in [4.69, 9.17) is 9.97 Å². The second-order valence-corrected chi connectivity index (χ2v) is 18.7. The van der Waals surface area contributed by atoms with Gasteiger partial charge < -0.3 is 0 Å². The van der Waals surface area contributed by atoms with Crippen molar-refractivity contribution in [3.63, 3.8) is 0 Å². The number of benzene rings is 11. The number of nitrogens with zero attached hydrogens (tertiary/aromatic N) is 2. The average Bonchev–Trinajstić information content (AvgIpc) is 3.91. The van der Waals surface area contributed by atoms with Crippen molar-refractivity contribution in [1.29, 1.82) is 0 Å². The smallest absolute Gasteiger partial charge is 0.159 e. The molecule has 0 unspecified atom stereocenters. The van der Waals surface area contributed by atoms with Crippen LogP contribution in [0.2, 0.25) is 0 Å². The number of fused-ring (bicyclic) bond motifs is 8. The molecule has 0 N–H and O–H groups in total. The van der Waals surface area contributed by atoms with Crippen LogP contribution in [0.25, 0.3) is 77.4 Å². The minimum Gasteiger partial charge on any atom is -0.237 e. The molecule has 0 atom stereocenters. The summed E-state index contributed by atoms with van der Waals surface area (Å²) in [5, 5.41) is 4.73. The summed E-state index contributed by atoms with van der Waals surface area (Å²) in [6.07, 6.45) is 3.66. The van der Waals surface area contributed by atoms with E-state index in [1.807, 2.05) is 18.5 Å². The molecular weight excluding hydrogens is 845 g/mol. The van der Waals surface area contributed by atoms with Gasteiger partial charge in [-0.15, -0.1) is 0 Å². The van der Waals surface area contributed by atoms with Gasteiger partial charge >= 0.3 is 0 Å². The molecule has 1 aromatic heterocycles. The Morgan fingerprint density at radius 1 is 0.243 bits per heavy atom. The van der Waals surface area contributed by atoms with E-state index in [0.29, 0.717) is 5.82 Å². The summed E-state index contributed by atoms with van der Waals surface area (Å²) in [4.78, 5) is 9.56. The molecule has 2 aliphatic carbocycles. The number of rotatable bonds is 7. The monoisotopic (exact) mass is 888 g/mol. The Hall–Kier alpha value is -8.98. The third-order valence-corrected chi connectivity index (χ3v) is 15.3. The van der Waals surface area contributed by atoms with E-state index in [1.54, 1.807) is 0 Å². The quantitative estimate of drug-likeness (QED) is 0.149. The molecule has 0 bridgehead atoms. The fourth-order valence-corrected chi connectivity index (χ4v) is 12.6. The maximum atomic E-state index is 4.78. The van der Waals surface area contributed by atoms with Crippen LogP contribution in [0.15, 0.2) is 267 Å². The number of hydrogen-bond donors (Lipinski definition) is 0. The minimum atomic E-state index is -0.537. The van der Waals surface area contributed by atoms with Gasteiger partial charge in [-0.05, 0) is 135 Å². The van der Waals surface area contributed by atoms with Crippen LogP contribution in [0.5, 0.6) is 0 Å². The predicted molar refractivity (Wildman–Crippen MR) is 288 cm³/mol. The highest BCUT2D eigenvalue weighted by Crippen LogP contribution is 2.59. The standard InChI is InChI=1S/C68H44N2/c1-5-20-48(21-6-1)67(49-22-7-2-8-23-49)60-32-17-15-28-52(60)54-37-34-45(43-62(54)67)64-56-30-13-14-31-57(56)65(59-42-47(36-39-58(59)64)66-69-40-19-41-70-66)46-35-38-55-53-29-16-18-33-61(53)68(63(55)44-46,50-24-9-3-10-25-50)51-26-11-4-12-27-51/h1-44H. The van der Waals surface area contributed by atoms with Gasteiger partial charge in [0.25, 0.3) is 0 Å². The molecule has 0 fully saturated rings. The van der Waals surface area contributed by atoms with Gasteiger partial charge in [0.15, 0.2) is 5.82 Å². The Labute approximate surface area is 407 Å². The topological polar surface area (TPSA) is 25.8 Å². The Morgan fingerprint density at radius 2 is 0.600 bits per heavy atom. The van der Waals surface area contributed by atoms with Crippen molar-refractivity contribution in [3.05, 3.63) is 312 Å². The van der Waals surface area contributed by atoms with Crippen molar-refractivity contribution in [2.75, 3.05) is 0 Å². The molecule has 0 aliphatic heterocycles. The van der Waals surface area contributed by atoms with Crippen molar-refractivity contribution < 1.29 is 0 Å². The Kier molecular flexibility index (Phi) is 9.06. The Balaban J connectivity index is 1.07. The Bertz CT molecular complexity index is 3900. The third kappa shape index (κ3) is 5.68. The lowest BCUT2D eigenvalue weighted by Gasteiger charge is -2.34. The zero-order chi connectivity index (χ0) is 46.2. The predicted octanol–water partition coefficient (Wildman–Crippen LogP) is 16.5. The molecule has 0 spiro atoms. The van der Waals surface area contributed by atoms with Crippen LogP contribution >= 0.6 is 0 Å². The van der Waals surface area contributed by atoms with E-state index in [2.05, 4.69) is 249 Å². The van der Waals surface area contributed by atoms with Crippen LogP contribution in [0, 0.1) is 0 Å². The van der Waals surface area contributed by atoms with E-state index >= 15 is 0 Å². The first-order valence-electron chi connectivity index (χ1n) is 24.2. The molecular formula is C68H44N2. The van der Waals surface area contributed by atoms with E-state index in [-0.39, 0.29) is 0 Å². The number of hydrogen-bond acceptors (Lipinski definition) is 2. The lowest BCUT2D eigenvalue weighted by Crippen LogP contribution is -2.28. The van der Waals surface area contributed by atoms with E-state index < -0.39 is 10.8 Å². The van der Waals surface area contributed by atoms with Crippen LogP contribution in [0.4, 0.5) is 0 Å². The molecule has 2 heteroatoms. The van der Waals surface area contributed by atoms with E-state index in [1.165, 1.54) is 105 Å². The van der Waals surface area contributed by atoms with Gasteiger partial charge in [0.05, 0.1) is 10.8 Å². The molecule has 14 rings (SSSR count). The maximum Gasteiger partial charge on any atom is 0.159 e. The normalized spacial score (nSPS) is 13.7. The van der Waals surface area contributed by atoms with Crippen molar-refractivity contribution in [2.45, 2.75) is 10.8 Å². The first-order chi connectivity index (χ1) is 34.7. The second kappa shape index (κ2) is 15.8. The summed E-state index contributed by atoms with van der Waals surface area (Å²) >= 11 is 0. The number of aromatic nitrogens is 2. The van der Waals surface area contributed by atoms with Crippen molar-refractivity contribution in [2.24, 2.45) is 0 Å². The molecule has 0 saturated carbocycles. The van der Waals surface area contributed by atoms with Gasteiger partial charge in [-0.1, -0.05) is 231 Å². The van der Waals surface area contributed by atoms with Crippen LogP contribution < -0.4 is 0 Å². The van der Waals surface area contributed by atoms with Crippen molar-refractivity contribution >= 4 is 21.5 Å². The summed E-state index contributed by atoms with van der Waals surface area (Å²) in [5.41, 5.74) is 19.9. The molecule has 0 radical (unpaired) electrons. The molecule has 0 saturated heterocycles. The van der Waals surface area contributed by atoms with Gasteiger partial charge in [0.2, 0.25) is 0 Å². The molecule has 12 aromatic rings. The molecule has 11 aromatic carbocycles. The van der Waals surface area contributed by atoms with Gasteiger partial charge in [-0.25, -0.2) is 9.97 Å². The highest BCUT2D eigenvalue weighted by Gasteiger charge is 2.47. The average molecular weight is 889 g/mol. The summed E-state index contributed by atoms with van der Waals surface area (Å²) in [6, 6.07) is 94.6. The summed E-state index contributed by atoms with van der Waals surface area (Å²) in [6.45, 7) is 0.